The molecule has 0 aromatic carbocycles. The molecule has 0 aliphatic carbocycles. The van der Waals surface area contributed by atoms with Crippen LogP contribution in [0.1, 0.15) is 0 Å². The normalized spacial score (nSPS) is 12.5. The summed E-state index contributed by atoms with van der Waals surface area (Å²) in [5.41, 5.74) is 1.68. The zero-order valence-corrected chi connectivity index (χ0v) is 9.60. The molecular weight excluding hydrogens is 183 g/mol. The molecule has 0 aliphatic rings. The van der Waals surface area contributed by atoms with Gasteiger partial charge in [0.2, 0.25) is 0 Å². The summed E-state index contributed by atoms with van der Waals surface area (Å²) in [5, 5.41) is 0. The standard InChI is InChI=1S/C8H10B8/c9-1-7(15(3-11)4-12)8(2-10)16(5-13)6-14/h1-2H,3-6H2/b7-1-,8-2-. The van der Waals surface area contributed by atoms with Crippen molar-refractivity contribution in [1.82, 2.24) is 0 Å². The van der Waals surface area contributed by atoms with Crippen molar-refractivity contribution in [2.75, 3.05) is 0 Å². The van der Waals surface area contributed by atoms with Gasteiger partial charge in [0.25, 0.3) is 0 Å². The second kappa shape index (κ2) is 9.07. The molecular formula is C8H10B8. The van der Waals surface area contributed by atoms with E-state index >= 15 is 0 Å². The Labute approximate surface area is 108 Å². The van der Waals surface area contributed by atoms with Gasteiger partial charge in [-0.05, 0) is 0 Å². The molecule has 0 atom stereocenters. The average molecular weight is 193 g/mol. The number of rotatable bonds is 7. The fourth-order valence-electron chi connectivity index (χ4n) is 1.64. The third-order valence-corrected chi connectivity index (χ3v) is 2.71. The van der Waals surface area contributed by atoms with Crippen LogP contribution in [-0.2, 0) is 0 Å². The zero-order valence-electron chi connectivity index (χ0n) is 9.60. The molecule has 0 fully saturated rings. The molecule has 0 heterocycles. The lowest BCUT2D eigenvalue weighted by Crippen LogP contribution is -2.27. The molecule has 16 heavy (non-hydrogen) atoms. The van der Waals surface area contributed by atoms with Crippen LogP contribution < -0.4 is 0 Å². The van der Waals surface area contributed by atoms with E-state index < -0.39 is 0 Å². The van der Waals surface area contributed by atoms with Gasteiger partial charge in [0.05, 0.1) is 31.4 Å². The molecule has 0 aliphatic heterocycles. The fourth-order valence-corrected chi connectivity index (χ4v) is 1.64. The minimum Gasteiger partial charge on any atom is -0.138 e. The van der Waals surface area contributed by atoms with E-state index in [0.29, 0.717) is 24.9 Å². The first-order valence-corrected chi connectivity index (χ1v) is 5.34. The Morgan fingerprint density at radius 2 is 0.938 bits per heavy atom. The fraction of sp³-hybridized carbons (Fsp3) is 0.500. The van der Waals surface area contributed by atoms with E-state index in [9.17, 15) is 0 Å². The molecule has 0 unspecified atom stereocenters. The summed E-state index contributed by atoms with van der Waals surface area (Å²) in [6.07, 6.45) is 1.66. The summed E-state index contributed by atoms with van der Waals surface area (Å²) in [6, 6.07) is 0. The van der Waals surface area contributed by atoms with Crippen LogP contribution in [0.25, 0.3) is 0 Å². The van der Waals surface area contributed by atoms with E-state index in [1.54, 1.807) is 0 Å². The maximum Gasteiger partial charge on any atom is 0.156 e. The van der Waals surface area contributed by atoms with Gasteiger partial charge in [-0.25, -0.2) is 0 Å². The number of allylic oxidation sites excluding steroid dienone is 2. The van der Waals surface area contributed by atoms with Crippen LogP contribution in [0.15, 0.2) is 22.9 Å². The monoisotopic (exact) mass is 194 g/mol. The van der Waals surface area contributed by atoms with E-state index in [1.807, 2.05) is 0 Å². The topological polar surface area (TPSA) is 0 Å². The van der Waals surface area contributed by atoms with Gasteiger partial charge >= 0.3 is 0 Å². The van der Waals surface area contributed by atoms with Crippen molar-refractivity contribution < 1.29 is 0 Å². The Kier molecular flexibility index (Phi) is 9.07. The van der Waals surface area contributed by atoms with Crippen LogP contribution in [0.2, 0.25) is 24.9 Å². The summed E-state index contributed by atoms with van der Waals surface area (Å²) in [6.45, 7) is -0.0270. The number of hydrogen-bond acceptors (Lipinski definition) is 0. The summed E-state index contributed by atoms with van der Waals surface area (Å²) in [4.78, 5) is 0. The third kappa shape index (κ3) is 4.11. The maximum absolute atomic E-state index is 5.63. The highest BCUT2D eigenvalue weighted by Gasteiger charge is 2.21. The van der Waals surface area contributed by atoms with Gasteiger partial charge in [0.15, 0.2) is 13.4 Å². The first-order chi connectivity index (χ1) is 7.69. The minimum absolute atomic E-state index is 0.0135. The highest BCUT2D eigenvalue weighted by atomic mass is 13.9. The van der Waals surface area contributed by atoms with Gasteiger partial charge < -0.3 is 0 Å². The van der Waals surface area contributed by atoms with Gasteiger partial charge in [-0.3, -0.25) is 0 Å². The predicted molar refractivity (Wildman–Crippen MR) is 81.4 cm³/mol. The lowest BCUT2D eigenvalue weighted by molar-refractivity contribution is 1.63. The molecule has 66 valence electrons. The Hall–Kier alpha value is -0.000519. The molecule has 0 saturated heterocycles. The van der Waals surface area contributed by atoms with Crippen LogP contribution >= 0.6 is 0 Å². The Morgan fingerprint density at radius 3 is 1.06 bits per heavy atom. The van der Waals surface area contributed by atoms with Crippen LogP contribution in [0.5, 0.6) is 0 Å². The molecule has 0 amide bonds. The number of hydrogen-bond donors (Lipinski definition) is 0. The third-order valence-electron chi connectivity index (χ3n) is 2.71. The van der Waals surface area contributed by atoms with Crippen molar-refractivity contribution in [3.8, 4) is 0 Å². The molecule has 0 aromatic heterocycles. The van der Waals surface area contributed by atoms with Gasteiger partial charge in [0.1, 0.15) is 15.7 Å². The minimum atomic E-state index is -0.0135. The van der Waals surface area contributed by atoms with Gasteiger partial charge in [-0.2, -0.15) is 0 Å². The van der Waals surface area contributed by atoms with Crippen LogP contribution in [0.4, 0.5) is 0 Å². The SMILES string of the molecule is [B]/C=C(B(C[B])C[B])/C(=C/[B])B(C[B])C[B]. The highest BCUT2D eigenvalue weighted by Crippen LogP contribution is 2.21. The van der Waals surface area contributed by atoms with Crippen molar-refractivity contribution in [3.63, 3.8) is 0 Å². The smallest absolute Gasteiger partial charge is 0.138 e. The van der Waals surface area contributed by atoms with Crippen LogP contribution in [0.3, 0.4) is 0 Å². The van der Waals surface area contributed by atoms with Gasteiger partial charge in [-0.15, -0.1) is 47.8 Å². The average Bonchev–Trinajstić information content (AvgIpc) is 2.33. The highest BCUT2D eigenvalue weighted by molar-refractivity contribution is 6.85. The first-order valence-electron chi connectivity index (χ1n) is 5.34. The summed E-state index contributed by atoms with van der Waals surface area (Å²) in [7, 11) is 33.7. The van der Waals surface area contributed by atoms with E-state index in [-0.39, 0.29) is 13.4 Å². The molecule has 0 rings (SSSR count). The first kappa shape index (κ1) is 16.0. The van der Waals surface area contributed by atoms with Crippen molar-refractivity contribution in [1.29, 1.82) is 0 Å². The molecule has 12 radical (unpaired) electrons. The van der Waals surface area contributed by atoms with E-state index in [0.717, 1.165) is 10.9 Å². The second-order valence-corrected chi connectivity index (χ2v) is 3.58. The molecule has 8 heteroatoms. The predicted octanol–water partition coefficient (Wildman–Crippen LogP) is -0.337. The Morgan fingerprint density at radius 1 is 0.688 bits per heavy atom. The quantitative estimate of drug-likeness (QED) is 0.383. The van der Waals surface area contributed by atoms with Crippen LogP contribution in [-0.4, -0.2) is 60.5 Å². The van der Waals surface area contributed by atoms with E-state index in [2.05, 4.69) is 0 Å². The van der Waals surface area contributed by atoms with Crippen LogP contribution in [0, 0.1) is 0 Å². The lowest BCUT2D eigenvalue weighted by atomic mass is 9.23. The molecule has 0 aromatic rings. The lowest BCUT2D eigenvalue weighted by Gasteiger charge is -2.23. The summed E-state index contributed by atoms with van der Waals surface area (Å²) >= 11 is 0. The van der Waals surface area contributed by atoms with Crippen molar-refractivity contribution in [2.45, 2.75) is 24.9 Å². The Balaban J connectivity index is 5.05. The molecule has 0 saturated carbocycles. The van der Waals surface area contributed by atoms with E-state index in [1.165, 1.54) is 12.0 Å². The van der Waals surface area contributed by atoms with Gasteiger partial charge in [0, 0.05) is 0 Å². The largest absolute Gasteiger partial charge is 0.156 e. The summed E-state index contributed by atoms with van der Waals surface area (Å²) in [5.74, 6) is 2.97. The Bertz CT molecular complexity index is 214. The molecule has 0 spiro atoms. The second-order valence-electron chi connectivity index (χ2n) is 3.58. The zero-order chi connectivity index (χ0) is 12.6. The summed E-state index contributed by atoms with van der Waals surface area (Å²) < 4.78 is 0. The van der Waals surface area contributed by atoms with Crippen molar-refractivity contribution in [3.05, 3.63) is 22.9 Å². The molecule has 0 N–H and O–H groups in total. The van der Waals surface area contributed by atoms with Crippen molar-refractivity contribution >= 4 is 60.5 Å². The molecule has 0 nitrogen and oxygen atoms in total. The molecule has 0 bridgehead atoms. The van der Waals surface area contributed by atoms with E-state index in [4.69, 9.17) is 47.1 Å². The van der Waals surface area contributed by atoms with Crippen molar-refractivity contribution in [2.24, 2.45) is 0 Å². The van der Waals surface area contributed by atoms with Gasteiger partial charge in [-0.1, -0.05) is 0 Å². The maximum atomic E-state index is 5.63.